The quantitative estimate of drug-likeness (QED) is 0.679. The van der Waals surface area contributed by atoms with E-state index in [1.807, 2.05) is 0 Å². The lowest BCUT2D eigenvalue weighted by Gasteiger charge is -2.09. The van der Waals surface area contributed by atoms with Crippen molar-refractivity contribution in [2.75, 3.05) is 11.9 Å². The number of amides is 1. The first kappa shape index (κ1) is 15.6. The van der Waals surface area contributed by atoms with E-state index in [4.69, 9.17) is 11.6 Å². The molecule has 3 rings (SSSR count). The molecule has 6 heteroatoms. The van der Waals surface area contributed by atoms with Crippen LogP contribution >= 0.6 is 11.6 Å². The second-order valence-corrected chi connectivity index (χ2v) is 5.64. The number of halogens is 4. The van der Waals surface area contributed by atoms with Crippen LogP contribution in [-0.2, 0) is 11.0 Å². The molecule has 0 radical (unpaired) electrons. The fraction of sp³-hybridized carbons (Fsp3) is 0.118. The van der Waals surface area contributed by atoms with Crippen LogP contribution in [0.15, 0.2) is 42.5 Å². The molecule has 23 heavy (non-hydrogen) atoms. The van der Waals surface area contributed by atoms with Crippen molar-refractivity contribution in [3.8, 4) is 0 Å². The molecule has 1 aliphatic rings. The van der Waals surface area contributed by atoms with Gasteiger partial charge in [0.1, 0.15) is 0 Å². The molecule has 2 aromatic rings. The van der Waals surface area contributed by atoms with Gasteiger partial charge < -0.3 is 4.90 Å². The number of likely N-dealkylation sites (N-methyl/N-ethyl adjacent to an activating group) is 1. The molecule has 1 heterocycles. The Balaban J connectivity index is 2.09. The molecule has 0 fully saturated rings. The molecule has 1 aliphatic heterocycles. The fourth-order valence-electron chi connectivity index (χ4n) is 2.53. The summed E-state index contributed by atoms with van der Waals surface area (Å²) in [5, 5.41) is 0.490. The first-order chi connectivity index (χ1) is 10.8. The third-order valence-electron chi connectivity index (χ3n) is 3.67. The maximum Gasteiger partial charge on any atom is 0.416 e. The van der Waals surface area contributed by atoms with Crippen molar-refractivity contribution >= 4 is 34.8 Å². The molecule has 118 valence electrons. The SMILES string of the molecule is CN1C(=O)/C(=C/c2cccc(C(F)(F)F)c2)c2ccc(Cl)cc21. The van der Waals surface area contributed by atoms with Gasteiger partial charge in [-0.1, -0.05) is 29.8 Å². The highest BCUT2D eigenvalue weighted by atomic mass is 35.5. The lowest BCUT2D eigenvalue weighted by atomic mass is 10.0. The number of fused-ring (bicyclic) bond motifs is 1. The van der Waals surface area contributed by atoms with Crippen molar-refractivity contribution in [3.63, 3.8) is 0 Å². The zero-order valence-electron chi connectivity index (χ0n) is 12.0. The molecule has 2 aromatic carbocycles. The van der Waals surface area contributed by atoms with Crippen LogP contribution in [0.4, 0.5) is 18.9 Å². The molecule has 0 saturated heterocycles. The average molecular weight is 338 g/mol. The zero-order chi connectivity index (χ0) is 16.8. The Hall–Kier alpha value is -2.27. The summed E-state index contributed by atoms with van der Waals surface area (Å²) >= 11 is 5.93. The summed E-state index contributed by atoms with van der Waals surface area (Å²) in [6.45, 7) is 0. The van der Waals surface area contributed by atoms with Gasteiger partial charge in [-0.3, -0.25) is 4.79 Å². The maximum absolute atomic E-state index is 12.8. The fourth-order valence-corrected chi connectivity index (χ4v) is 2.69. The number of alkyl halides is 3. The first-order valence-electron chi connectivity index (χ1n) is 6.74. The molecule has 0 bridgehead atoms. The highest BCUT2D eigenvalue weighted by Crippen LogP contribution is 2.38. The number of benzene rings is 2. The predicted octanol–water partition coefficient (Wildman–Crippen LogP) is 4.88. The molecule has 0 aliphatic carbocycles. The highest BCUT2D eigenvalue weighted by molar-refractivity contribution is 6.37. The highest BCUT2D eigenvalue weighted by Gasteiger charge is 2.32. The van der Waals surface area contributed by atoms with Gasteiger partial charge in [0, 0.05) is 23.2 Å². The van der Waals surface area contributed by atoms with Crippen LogP contribution in [0.1, 0.15) is 16.7 Å². The monoisotopic (exact) mass is 337 g/mol. The summed E-state index contributed by atoms with van der Waals surface area (Å²) < 4.78 is 38.4. The minimum absolute atomic E-state index is 0.278. The Bertz CT molecular complexity index is 827. The van der Waals surface area contributed by atoms with Crippen LogP contribution in [0.5, 0.6) is 0 Å². The normalized spacial score (nSPS) is 16.1. The summed E-state index contributed by atoms with van der Waals surface area (Å²) in [7, 11) is 1.60. The predicted molar refractivity (Wildman–Crippen MR) is 84.2 cm³/mol. The van der Waals surface area contributed by atoms with Crippen molar-refractivity contribution in [2.45, 2.75) is 6.18 Å². The number of nitrogens with zero attached hydrogens (tertiary/aromatic N) is 1. The number of rotatable bonds is 1. The van der Waals surface area contributed by atoms with Gasteiger partial charge in [0.15, 0.2) is 0 Å². The Labute approximate surface area is 135 Å². The molecule has 2 nitrogen and oxygen atoms in total. The number of hydrogen-bond donors (Lipinski definition) is 0. The third kappa shape index (κ3) is 2.84. The second kappa shape index (κ2) is 5.42. The first-order valence-corrected chi connectivity index (χ1v) is 7.12. The van der Waals surface area contributed by atoms with Gasteiger partial charge in [0.25, 0.3) is 5.91 Å². The van der Waals surface area contributed by atoms with E-state index in [1.54, 1.807) is 25.2 Å². The summed E-state index contributed by atoms with van der Waals surface area (Å²) in [6.07, 6.45) is -2.95. The van der Waals surface area contributed by atoms with Crippen LogP contribution in [0.3, 0.4) is 0 Å². The van der Waals surface area contributed by atoms with Crippen molar-refractivity contribution in [3.05, 3.63) is 64.2 Å². The van der Waals surface area contributed by atoms with E-state index in [0.29, 0.717) is 27.4 Å². The van der Waals surface area contributed by atoms with Crippen LogP contribution in [-0.4, -0.2) is 13.0 Å². The van der Waals surface area contributed by atoms with Gasteiger partial charge in [-0.2, -0.15) is 13.2 Å². The van der Waals surface area contributed by atoms with Crippen molar-refractivity contribution in [1.82, 2.24) is 0 Å². The van der Waals surface area contributed by atoms with E-state index in [1.165, 1.54) is 23.1 Å². The van der Waals surface area contributed by atoms with E-state index < -0.39 is 11.7 Å². The van der Waals surface area contributed by atoms with Gasteiger partial charge in [-0.25, -0.2) is 0 Å². The number of carbonyl (C=O) groups is 1. The maximum atomic E-state index is 12.8. The molecule has 0 unspecified atom stereocenters. The summed E-state index contributed by atoms with van der Waals surface area (Å²) in [4.78, 5) is 13.8. The van der Waals surface area contributed by atoms with Crippen LogP contribution in [0, 0.1) is 0 Å². The largest absolute Gasteiger partial charge is 0.416 e. The zero-order valence-corrected chi connectivity index (χ0v) is 12.7. The van der Waals surface area contributed by atoms with Crippen molar-refractivity contribution in [2.24, 2.45) is 0 Å². The topological polar surface area (TPSA) is 20.3 Å². The standard InChI is InChI=1S/C17H11ClF3NO/c1-22-15-9-12(18)5-6-13(15)14(16(22)23)8-10-3-2-4-11(7-10)17(19,20)21/h2-9H,1H3/b14-8+. The van der Waals surface area contributed by atoms with E-state index >= 15 is 0 Å². The number of carbonyl (C=O) groups excluding carboxylic acids is 1. The van der Waals surface area contributed by atoms with E-state index in [0.717, 1.165) is 12.1 Å². The smallest absolute Gasteiger partial charge is 0.311 e. The molecule has 0 aromatic heterocycles. The second-order valence-electron chi connectivity index (χ2n) is 5.21. The third-order valence-corrected chi connectivity index (χ3v) is 3.91. The summed E-state index contributed by atoms with van der Waals surface area (Å²) in [5.74, 6) is -0.278. The number of hydrogen-bond acceptors (Lipinski definition) is 1. The Morgan fingerprint density at radius 2 is 1.87 bits per heavy atom. The van der Waals surface area contributed by atoms with E-state index in [-0.39, 0.29) is 5.91 Å². The molecular formula is C17H11ClF3NO. The van der Waals surface area contributed by atoms with Gasteiger partial charge in [0.05, 0.1) is 11.3 Å². The molecule has 0 N–H and O–H groups in total. The number of anilines is 1. The Morgan fingerprint density at radius 1 is 1.13 bits per heavy atom. The van der Waals surface area contributed by atoms with E-state index in [9.17, 15) is 18.0 Å². The van der Waals surface area contributed by atoms with Crippen LogP contribution in [0.2, 0.25) is 5.02 Å². The van der Waals surface area contributed by atoms with Crippen molar-refractivity contribution in [1.29, 1.82) is 0 Å². The lowest BCUT2D eigenvalue weighted by molar-refractivity contribution is -0.137. The minimum atomic E-state index is -4.42. The Kier molecular flexibility index (Phi) is 3.68. The van der Waals surface area contributed by atoms with Gasteiger partial charge in [0.2, 0.25) is 0 Å². The van der Waals surface area contributed by atoms with Gasteiger partial charge in [-0.15, -0.1) is 0 Å². The van der Waals surface area contributed by atoms with Crippen molar-refractivity contribution < 1.29 is 18.0 Å². The molecule has 1 amide bonds. The van der Waals surface area contributed by atoms with Gasteiger partial charge >= 0.3 is 6.18 Å². The summed E-state index contributed by atoms with van der Waals surface area (Å²) in [5.41, 5.74) is 1.21. The van der Waals surface area contributed by atoms with E-state index in [2.05, 4.69) is 0 Å². The summed E-state index contributed by atoms with van der Waals surface area (Å²) in [6, 6.07) is 9.87. The minimum Gasteiger partial charge on any atom is -0.311 e. The molecule has 0 atom stereocenters. The average Bonchev–Trinajstić information content (AvgIpc) is 2.72. The molecule has 0 saturated carbocycles. The van der Waals surface area contributed by atoms with Gasteiger partial charge in [-0.05, 0) is 35.9 Å². The Morgan fingerprint density at radius 3 is 2.57 bits per heavy atom. The van der Waals surface area contributed by atoms with Crippen LogP contribution < -0.4 is 4.90 Å². The molecule has 0 spiro atoms. The molecular weight excluding hydrogens is 327 g/mol. The lowest BCUT2D eigenvalue weighted by Crippen LogP contribution is -2.20. The van der Waals surface area contributed by atoms with Crippen LogP contribution in [0.25, 0.3) is 11.6 Å².